The molecule has 0 aromatic heterocycles. The van der Waals surface area contributed by atoms with Crippen LogP contribution in [0.2, 0.25) is 0 Å². The molecule has 0 spiro atoms. The fourth-order valence-corrected chi connectivity index (χ4v) is 2.48. The Kier molecular flexibility index (Phi) is 4.73. The van der Waals surface area contributed by atoms with E-state index >= 15 is 0 Å². The van der Waals surface area contributed by atoms with Crippen molar-refractivity contribution in [2.45, 2.75) is 45.6 Å². The molecule has 1 aliphatic rings. The fourth-order valence-electron chi connectivity index (χ4n) is 2.16. The zero-order valence-corrected chi connectivity index (χ0v) is 9.89. The van der Waals surface area contributed by atoms with E-state index in [4.69, 9.17) is 11.6 Å². The molecule has 0 bridgehead atoms. The molecule has 1 fully saturated rings. The molecule has 0 aromatic rings. The van der Waals surface area contributed by atoms with Crippen LogP contribution in [-0.4, -0.2) is 29.3 Å². The van der Waals surface area contributed by atoms with Crippen LogP contribution in [0.25, 0.3) is 0 Å². The predicted molar refractivity (Wildman–Crippen MR) is 59.5 cm³/mol. The van der Waals surface area contributed by atoms with E-state index in [0.717, 1.165) is 32.2 Å². The highest BCUT2D eigenvalue weighted by Gasteiger charge is 2.30. The van der Waals surface area contributed by atoms with Gasteiger partial charge in [0.1, 0.15) is 0 Å². The number of nitrogens with zero attached hydrogens (tertiary/aromatic N) is 1. The van der Waals surface area contributed by atoms with E-state index in [2.05, 4.69) is 13.8 Å². The molecular weight excluding hydrogens is 198 g/mol. The van der Waals surface area contributed by atoms with Crippen molar-refractivity contribution >= 4 is 17.5 Å². The maximum Gasteiger partial charge on any atom is 0.225 e. The van der Waals surface area contributed by atoms with Gasteiger partial charge in [0.2, 0.25) is 5.91 Å². The average molecular weight is 218 g/mol. The van der Waals surface area contributed by atoms with Crippen LogP contribution in [0.15, 0.2) is 0 Å². The molecule has 0 radical (unpaired) electrons. The topological polar surface area (TPSA) is 20.3 Å². The van der Waals surface area contributed by atoms with Crippen LogP contribution in [-0.2, 0) is 4.79 Å². The first kappa shape index (κ1) is 11.8. The van der Waals surface area contributed by atoms with Gasteiger partial charge in [0.15, 0.2) is 0 Å². The lowest BCUT2D eigenvalue weighted by Gasteiger charge is -2.26. The Labute approximate surface area is 91.6 Å². The second-order valence-corrected chi connectivity index (χ2v) is 4.30. The zero-order chi connectivity index (χ0) is 10.6. The van der Waals surface area contributed by atoms with Crippen LogP contribution >= 0.6 is 11.6 Å². The SMILES string of the molecule is CCC(CC)C(=O)N1CCC[C@H]1CCl. The van der Waals surface area contributed by atoms with Crippen molar-refractivity contribution in [3.05, 3.63) is 0 Å². The Bertz CT molecular complexity index is 192. The van der Waals surface area contributed by atoms with Crippen molar-refractivity contribution in [1.82, 2.24) is 4.90 Å². The van der Waals surface area contributed by atoms with Crippen molar-refractivity contribution in [3.8, 4) is 0 Å². The summed E-state index contributed by atoms with van der Waals surface area (Å²) in [4.78, 5) is 14.0. The summed E-state index contributed by atoms with van der Waals surface area (Å²) in [5.41, 5.74) is 0. The van der Waals surface area contributed by atoms with E-state index in [1.54, 1.807) is 0 Å². The summed E-state index contributed by atoms with van der Waals surface area (Å²) in [5.74, 6) is 1.11. The molecule has 0 unspecified atom stereocenters. The van der Waals surface area contributed by atoms with Crippen molar-refractivity contribution in [2.75, 3.05) is 12.4 Å². The molecule has 1 amide bonds. The highest BCUT2D eigenvalue weighted by atomic mass is 35.5. The highest BCUT2D eigenvalue weighted by molar-refractivity contribution is 6.18. The lowest BCUT2D eigenvalue weighted by Crippen LogP contribution is -2.40. The number of hydrogen-bond acceptors (Lipinski definition) is 1. The predicted octanol–water partition coefficient (Wildman–Crippen LogP) is 2.65. The maximum absolute atomic E-state index is 12.0. The maximum atomic E-state index is 12.0. The summed E-state index contributed by atoms with van der Waals surface area (Å²) >= 11 is 5.84. The number of carbonyl (C=O) groups is 1. The molecule has 1 atom stereocenters. The summed E-state index contributed by atoms with van der Waals surface area (Å²) in [5, 5.41) is 0. The Hall–Kier alpha value is -0.240. The van der Waals surface area contributed by atoms with Crippen molar-refractivity contribution < 1.29 is 4.79 Å². The average Bonchev–Trinajstić information content (AvgIpc) is 2.67. The smallest absolute Gasteiger partial charge is 0.225 e. The monoisotopic (exact) mass is 217 g/mol. The van der Waals surface area contributed by atoms with Gasteiger partial charge in [-0.2, -0.15) is 0 Å². The molecule has 82 valence electrons. The van der Waals surface area contributed by atoms with Gasteiger partial charge in [0, 0.05) is 24.4 Å². The molecule has 2 nitrogen and oxygen atoms in total. The number of amides is 1. The van der Waals surface area contributed by atoms with Gasteiger partial charge in [-0.3, -0.25) is 4.79 Å². The minimum absolute atomic E-state index is 0.207. The first-order valence-electron chi connectivity index (χ1n) is 5.61. The van der Waals surface area contributed by atoms with Gasteiger partial charge in [-0.15, -0.1) is 11.6 Å². The quantitative estimate of drug-likeness (QED) is 0.663. The van der Waals surface area contributed by atoms with Gasteiger partial charge < -0.3 is 4.90 Å². The first-order valence-corrected chi connectivity index (χ1v) is 6.14. The van der Waals surface area contributed by atoms with Crippen LogP contribution in [0, 0.1) is 5.92 Å². The second-order valence-electron chi connectivity index (χ2n) is 4.00. The minimum Gasteiger partial charge on any atom is -0.338 e. The summed E-state index contributed by atoms with van der Waals surface area (Å²) < 4.78 is 0. The van der Waals surface area contributed by atoms with Crippen LogP contribution in [0.5, 0.6) is 0 Å². The molecule has 1 aliphatic heterocycles. The number of carbonyl (C=O) groups excluding carboxylic acids is 1. The largest absolute Gasteiger partial charge is 0.338 e. The third-order valence-corrected chi connectivity index (χ3v) is 3.53. The van der Waals surface area contributed by atoms with E-state index in [1.807, 2.05) is 4.90 Å². The van der Waals surface area contributed by atoms with Crippen molar-refractivity contribution in [1.29, 1.82) is 0 Å². The van der Waals surface area contributed by atoms with Crippen molar-refractivity contribution in [3.63, 3.8) is 0 Å². The van der Waals surface area contributed by atoms with Gasteiger partial charge in [-0.05, 0) is 25.7 Å². The van der Waals surface area contributed by atoms with Crippen LogP contribution in [0.3, 0.4) is 0 Å². The minimum atomic E-state index is 0.207. The molecule has 0 saturated carbocycles. The third kappa shape index (κ3) is 2.41. The standard InChI is InChI=1S/C11H20ClNO/c1-3-9(4-2)11(14)13-7-5-6-10(13)8-12/h9-10H,3-8H2,1-2H3/t10-/m0/s1. The molecule has 0 aromatic carbocycles. The Morgan fingerprint density at radius 3 is 2.64 bits per heavy atom. The number of likely N-dealkylation sites (tertiary alicyclic amines) is 1. The van der Waals surface area contributed by atoms with E-state index in [-0.39, 0.29) is 5.92 Å². The summed E-state index contributed by atoms with van der Waals surface area (Å²) in [6, 6.07) is 0.296. The van der Waals surface area contributed by atoms with E-state index in [0.29, 0.717) is 17.8 Å². The Morgan fingerprint density at radius 2 is 2.14 bits per heavy atom. The Morgan fingerprint density at radius 1 is 1.50 bits per heavy atom. The van der Waals surface area contributed by atoms with Gasteiger partial charge in [0.05, 0.1) is 0 Å². The summed E-state index contributed by atoms with van der Waals surface area (Å²) in [7, 11) is 0. The number of rotatable bonds is 4. The van der Waals surface area contributed by atoms with E-state index in [9.17, 15) is 4.79 Å². The van der Waals surface area contributed by atoms with Crippen LogP contribution < -0.4 is 0 Å². The third-order valence-electron chi connectivity index (χ3n) is 3.17. The highest BCUT2D eigenvalue weighted by Crippen LogP contribution is 2.22. The number of hydrogen-bond donors (Lipinski definition) is 0. The fraction of sp³-hybridized carbons (Fsp3) is 0.909. The molecule has 0 N–H and O–H groups in total. The molecular formula is C11H20ClNO. The number of alkyl halides is 1. The second kappa shape index (κ2) is 5.59. The molecule has 1 rings (SSSR count). The summed E-state index contributed by atoms with van der Waals surface area (Å²) in [6.45, 7) is 5.07. The first-order chi connectivity index (χ1) is 6.74. The molecule has 0 aliphatic carbocycles. The summed E-state index contributed by atoms with van der Waals surface area (Å²) in [6.07, 6.45) is 4.08. The van der Waals surface area contributed by atoms with E-state index < -0.39 is 0 Å². The molecule has 3 heteroatoms. The van der Waals surface area contributed by atoms with Crippen LogP contribution in [0.4, 0.5) is 0 Å². The van der Waals surface area contributed by atoms with Crippen molar-refractivity contribution in [2.24, 2.45) is 5.92 Å². The van der Waals surface area contributed by atoms with Gasteiger partial charge in [-0.25, -0.2) is 0 Å². The molecule has 1 heterocycles. The Balaban J connectivity index is 2.58. The lowest BCUT2D eigenvalue weighted by molar-refractivity contribution is -0.136. The van der Waals surface area contributed by atoms with Gasteiger partial charge in [-0.1, -0.05) is 13.8 Å². The molecule has 1 saturated heterocycles. The van der Waals surface area contributed by atoms with Gasteiger partial charge in [0.25, 0.3) is 0 Å². The number of halogens is 1. The van der Waals surface area contributed by atoms with Gasteiger partial charge >= 0.3 is 0 Å². The normalized spacial score (nSPS) is 22.0. The lowest BCUT2D eigenvalue weighted by atomic mass is 10.0. The van der Waals surface area contributed by atoms with E-state index in [1.165, 1.54) is 0 Å². The molecule has 14 heavy (non-hydrogen) atoms. The van der Waals surface area contributed by atoms with Crippen LogP contribution in [0.1, 0.15) is 39.5 Å². The zero-order valence-electron chi connectivity index (χ0n) is 9.13.